The molecule has 0 saturated carbocycles. The number of carbonyl (C=O) groups excluding carboxylic acids is 1. The van der Waals surface area contributed by atoms with Crippen molar-refractivity contribution in [2.45, 2.75) is 12.1 Å². The summed E-state index contributed by atoms with van der Waals surface area (Å²) in [6.45, 7) is 1.86. The van der Waals surface area contributed by atoms with Crippen LogP contribution in [0.5, 0.6) is 0 Å². The Morgan fingerprint density at radius 2 is 2.16 bits per heavy atom. The van der Waals surface area contributed by atoms with E-state index in [1.54, 1.807) is 35.3 Å². The third-order valence-electron chi connectivity index (χ3n) is 3.50. The number of nitrogens with one attached hydrogen (secondary N) is 1. The summed E-state index contributed by atoms with van der Waals surface area (Å²) in [5, 5.41) is 12.3. The molecule has 0 radical (unpaired) electrons. The fourth-order valence-corrected chi connectivity index (χ4v) is 3.02. The molecule has 9 heteroatoms. The van der Waals surface area contributed by atoms with Gasteiger partial charge in [-0.15, -0.1) is 10.2 Å². The number of rotatable bonds is 5. The lowest BCUT2D eigenvalue weighted by Crippen LogP contribution is -2.15. The van der Waals surface area contributed by atoms with E-state index in [9.17, 15) is 4.79 Å². The standard InChI is InChI=1S/C16H15ClN6OS/c1-10-11(17)4-3-5-12(10)20-14(24)9-25-16-22-21-15(23(16)2)13-8-18-6-7-19-13/h3-8H,9H2,1-2H3,(H,20,24). The van der Waals surface area contributed by atoms with Gasteiger partial charge in [-0.2, -0.15) is 0 Å². The van der Waals surface area contributed by atoms with Gasteiger partial charge in [0, 0.05) is 30.2 Å². The molecular weight excluding hydrogens is 360 g/mol. The van der Waals surface area contributed by atoms with Gasteiger partial charge in [-0.3, -0.25) is 9.78 Å². The molecule has 0 aliphatic carbocycles. The monoisotopic (exact) mass is 374 g/mol. The van der Waals surface area contributed by atoms with E-state index in [1.807, 2.05) is 20.0 Å². The van der Waals surface area contributed by atoms with E-state index < -0.39 is 0 Å². The summed E-state index contributed by atoms with van der Waals surface area (Å²) in [6, 6.07) is 5.40. The maximum Gasteiger partial charge on any atom is 0.234 e. The smallest absolute Gasteiger partial charge is 0.234 e. The topological polar surface area (TPSA) is 85.6 Å². The molecule has 2 aromatic heterocycles. The van der Waals surface area contributed by atoms with Crippen molar-refractivity contribution in [3.8, 4) is 11.5 Å². The van der Waals surface area contributed by atoms with Crippen molar-refractivity contribution in [3.63, 3.8) is 0 Å². The van der Waals surface area contributed by atoms with E-state index in [0.717, 1.165) is 5.56 Å². The van der Waals surface area contributed by atoms with Crippen molar-refractivity contribution in [1.29, 1.82) is 0 Å². The van der Waals surface area contributed by atoms with Gasteiger partial charge in [0.25, 0.3) is 0 Å². The highest BCUT2D eigenvalue weighted by atomic mass is 35.5. The van der Waals surface area contributed by atoms with Gasteiger partial charge in [0.2, 0.25) is 5.91 Å². The lowest BCUT2D eigenvalue weighted by atomic mass is 10.2. The van der Waals surface area contributed by atoms with Crippen LogP contribution in [-0.2, 0) is 11.8 Å². The molecule has 3 rings (SSSR count). The number of hydrogen-bond acceptors (Lipinski definition) is 6. The summed E-state index contributed by atoms with van der Waals surface area (Å²) in [6.07, 6.45) is 4.81. The van der Waals surface area contributed by atoms with Crippen LogP contribution < -0.4 is 5.32 Å². The fourth-order valence-electron chi connectivity index (χ4n) is 2.14. The predicted molar refractivity (Wildman–Crippen MR) is 97.6 cm³/mol. The number of hydrogen-bond donors (Lipinski definition) is 1. The molecule has 1 N–H and O–H groups in total. The Kier molecular flexibility index (Phi) is 5.30. The van der Waals surface area contributed by atoms with Crippen LogP contribution in [0.4, 0.5) is 5.69 Å². The lowest BCUT2D eigenvalue weighted by molar-refractivity contribution is -0.113. The second-order valence-electron chi connectivity index (χ2n) is 5.21. The van der Waals surface area contributed by atoms with Crippen molar-refractivity contribution in [3.05, 3.63) is 47.4 Å². The number of thioether (sulfide) groups is 1. The number of benzene rings is 1. The van der Waals surface area contributed by atoms with Crippen LogP contribution in [0.3, 0.4) is 0 Å². The molecule has 0 saturated heterocycles. The van der Waals surface area contributed by atoms with Crippen molar-refractivity contribution in [2.75, 3.05) is 11.1 Å². The lowest BCUT2D eigenvalue weighted by Gasteiger charge is -2.09. The minimum absolute atomic E-state index is 0.139. The normalized spacial score (nSPS) is 10.7. The average molecular weight is 375 g/mol. The summed E-state index contributed by atoms with van der Waals surface area (Å²) in [5.74, 6) is 0.666. The highest BCUT2D eigenvalue weighted by Gasteiger charge is 2.14. The third-order valence-corrected chi connectivity index (χ3v) is 4.93. The first-order chi connectivity index (χ1) is 12.1. The molecular formula is C16H15ClN6OS. The Hall–Kier alpha value is -2.45. The highest BCUT2D eigenvalue weighted by molar-refractivity contribution is 7.99. The molecule has 2 heterocycles. The van der Waals surface area contributed by atoms with Crippen LogP contribution in [0.2, 0.25) is 5.02 Å². The number of aromatic nitrogens is 5. The predicted octanol–water partition coefficient (Wildman–Crippen LogP) is 2.96. The summed E-state index contributed by atoms with van der Waals surface area (Å²) in [4.78, 5) is 20.4. The molecule has 1 amide bonds. The van der Waals surface area contributed by atoms with Gasteiger partial charge in [0.15, 0.2) is 11.0 Å². The molecule has 0 aliphatic heterocycles. The quantitative estimate of drug-likeness (QED) is 0.691. The Morgan fingerprint density at radius 1 is 1.32 bits per heavy atom. The Balaban J connectivity index is 1.65. The molecule has 0 unspecified atom stereocenters. The zero-order valence-corrected chi connectivity index (χ0v) is 15.2. The molecule has 0 bridgehead atoms. The molecule has 1 aromatic carbocycles. The Bertz CT molecular complexity index is 899. The second kappa shape index (κ2) is 7.62. The Labute approximate surface area is 153 Å². The number of amides is 1. The van der Waals surface area contributed by atoms with Gasteiger partial charge in [-0.1, -0.05) is 29.4 Å². The average Bonchev–Trinajstić information content (AvgIpc) is 2.99. The van der Waals surface area contributed by atoms with E-state index in [4.69, 9.17) is 11.6 Å². The van der Waals surface area contributed by atoms with E-state index in [0.29, 0.717) is 27.4 Å². The largest absolute Gasteiger partial charge is 0.325 e. The van der Waals surface area contributed by atoms with Crippen LogP contribution in [0, 0.1) is 6.92 Å². The van der Waals surface area contributed by atoms with Crippen LogP contribution in [-0.4, -0.2) is 36.4 Å². The van der Waals surface area contributed by atoms with Gasteiger partial charge < -0.3 is 9.88 Å². The summed E-state index contributed by atoms with van der Waals surface area (Å²) in [5.41, 5.74) is 2.17. The molecule has 0 fully saturated rings. The summed E-state index contributed by atoms with van der Waals surface area (Å²) >= 11 is 7.36. The molecule has 7 nitrogen and oxygen atoms in total. The van der Waals surface area contributed by atoms with Crippen molar-refractivity contribution in [2.24, 2.45) is 7.05 Å². The molecule has 25 heavy (non-hydrogen) atoms. The molecule has 0 atom stereocenters. The summed E-state index contributed by atoms with van der Waals surface area (Å²) < 4.78 is 1.78. The van der Waals surface area contributed by atoms with Gasteiger partial charge in [-0.05, 0) is 24.6 Å². The maximum atomic E-state index is 12.2. The minimum Gasteiger partial charge on any atom is -0.325 e. The minimum atomic E-state index is -0.139. The third kappa shape index (κ3) is 3.97. The van der Waals surface area contributed by atoms with Crippen molar-refractivity contribution in [1.82, 2.24) is 24.7 Å². The van der Waals surface area contributed by atoms with Gasteiger partial charge in [0.1, 0.15) is 5.69 Å². The van der Waals surface area contributed by atoms with E-state index in [-0.39, 0.29) is 11.7 Å². The first-order valence-electron chi connectivity index (χ1n) is 7.40. The Morgan fingerprint density at radius 3 is 2.92 bits per heavy atom. The maximum absolute atomic E-state index is 12.2. The molecule has 128 valence electrons. The van der Waals surface area contributed by atoms with Crippen molar-refractivity contribution < 1.29 is 4.79 Å². The number of halogens is 1. The summed E-state index contributed by atoms with van der Waals surface area (Å²) in [7, 11) is 1.82. The van der Waals surface area contributed by atoms with Gasteiger partial charge in [0.05, 0.1) is 11.9 Å². The van der Waals surface area contributed by atoms with E-state index in [1.165, 1.54) is 11.8 Å². The molecule has 3 aromatic rings. The van der Waals surface area contributed by atoms with Crippen LogP contribution >= 0.6 is 23.4 Å². The first kappa shape index (κ1) is 17.4. The van der Waals surface area contributed by atoms with E-state index >= 15 is 0 Å². The SMILES string of the molecule is Cc1c(Cl)cccc1NC(=O)CSc1nnc(-c2cnccn2)n1C. The van der Waals surface area contributed by atoms with Crippen LogP contribution in [0.25, 0.3) is 11.5 Å². The molecule has 0 spiro atoms. The first-order valence-corrected chi connectivity index (χ1v) is 8.76. The zero-order chi connectivity index (χ0) is 17.8. The number of carbonyl (C=O) groups is 1. The van der Waals surface area contributed by atoms with Crippen LogP contribution in [0.15, 0.2) is 41.9 Å². The second-order valence-corrected chi connectivity index (χ2v) is 6.55. The van der Waals surface area contributed by atoms with Crippen LogP contribution in [0.1, 0.15) is 5.56 Å². The van der Waals surface area contributed by atoms with Crippen molar-refractivity contribution >= 4 is 35.0 Å². The highest BCUT2D eigenvalue weighted by Crippen LogP contribution is 2.24. The van der Waals surface area contributed by atoms with Gasteiger partial charge in [-0.25, -0.2) is 4.98 Å². The number of nitrogens with zero attached hydrogens (tertiary/aromatic N) is 5. The fraction of sp³-hybridized carbons (Fsp3) is 0.188. The number of anilines is 1. The van der Waals surface area contributed by atoms with E-state index in [2.05, 4.69) is 25.5 Å². The zero-order valence-electron chi connectivity index (χ0n) is 13.6. The van der Waals surface area contributed by atoms with Gasteiger partial charge >= 0.3 is 0 Å². The molecule has 0 aliphatic rings.